The Hall–Kier alpha value is -0.820. The van der Waals surface area contributed by atoms with Crippen molar-refractivity contribution in [2.75, 3.05) is 0 Å². The number of allylic oxidation sites excluding steroid dienone is 1. The molecule has 12 heavy (non-hydrogen) atoms. The summed E-state index contributed by atoms with van der Waals surface area (Å²) in [4.78, 5) is 0. The maximum Gasteiger partial charge on any atom is 0.123 e. The van der Waals surface area contributed by atoms with Gasteiger partial charge in [0.15, 0.2) is 0 Å². The summed E-state index contributed by atoms with van der Waals surface area (Å²) in [6.45, 7) is 2.01. The molecule has 0 fully saturated rings. The van der Waals surface area contributed by atoms with Crippen molar-refractivity contribution in [1.82, 2.24) is 0 Å². The Balaban J connectivity index is 2.89. The van der Waals surface area contributed by atoms with Gasteiger partial charge in [0, 0.05) is 5.03 Å². The van der Waals surface area contributed by atoms with E-state index in [4.69, 9.17) is 11.6 Å². The smallest absolute Gasteiger partial charge is 0.123 e. The van der Waals surface area contributed by atoms with Gasteiger partial charge < -0.3 is 0 Å². The van der Waals surface area contributed by atoms with Crippen LogP contribution in [0.4, 0.5) is 4.39 Å². The molecule has 1 aromatic rings. The SMILES string of the molecule is CC/C=C(\Cl)c1ccc(F)cc1. The van der Waals surface area contributed by atoms with E-state index in [2.05, 4.69) is 0 Å². The largest absolute Gasteiger partial charge is 0.207 e. The molecule has 1 rings (SSSR count). The van der Waals surface area contributed by atoms with Crippen molar-refractivity contribution in [2.24, 2.45) is 0 Å². The Morgan fingerprint density at radius 3 is 2.50 bits per heavy atom. The van der Waals surface area contributed by atoms with Crippen molar-refractivity contribution < 1.29 is 4.39 Å². The Bertz CT molecular complexity index is 274. The van der Waals surface area contributed by atoms with Crippen molar-refractivity contribution in [3.8, 4) is 0 Å². The first-order valence-electron chi connectivity index (χ1n) is 3.85. The molecule has 0 aliphatic rings. The van der Waals surface area contributed by atoms with Gasteiger partial charge in [0.05, 0.1) is 0 Å². The summed E-state index contributed by atoms with van der Waals surface area (Å²) in [5.41, 5.74) is 0.861. The van der Waals surface area contributed by atoms with Crippen molar-refractivity contribution >= 4 is 16.6 Å². The lowest BCUT2D eigenvalue weighted by Crippen LogP contribution is -1.78. The molecular formula is C10H10ClF. The van der Waals surface area contributed by atoms with Crippen LogP contribution < -0.4 is 0 Å². The van der Waals surface area contributed by atoms with Crippen LogP contribution in [0.1, 0.15) is 18.9 Å². The predicted molar refractivity (Wildman–Crippen MR) is 50.5 cm³/mol. The molecule has 0 amide bonds. The number of benzene rings is 1. The van der Waals surface area contributed by atoms with Gasteiger partial charge >= 0.3 is 0 Å². The van der Waals surface area contributed by atoms with Crippen LogP contribution in [-0.4, -0.2) is 0 Å². The van der Waals surface area contributed by atoms with Gasteiger partial charge in [-0.05, 0) is 24.1 Å². The molecule has 2 heteroatoms. The number of halogens is 2. The van der Waals surface area contributed by atoms with E-state index in [1.54, 1.807) is 12.1 Å². The highest BCUT2D eigenvalue weighted by Gasteiger charge is 1.96. The van der Waals surface area contributed by atoms with Gasteiger partial charge in [-0.2, -0.15) is 0 Å². The third-order valence-electron chi connectivity index (χ3n) is 1.50. The quantitative estimate of drug-likeness (QED) is 0.656. The molecule has 0 N–H and O–H groups in total. The fraction of sp³-hybridized carbons (Fsp3) is 0.200. The monoisotopic (exact) mass is 184 g/mol. The van der Waals surface area contributed by atoms with E-state index in [1.807, 2.05) is 13.0 Å². The second-order valence-electron chi connectivity index (χ2n) is 2.47. The first-order valence-corrected chi connectivity index (χ1v) is 4.23. The van der Waals surface area contributed by atoms with Crippen LogP contribution in [0, 0.1) is 5.82 Å². The molecule has 0 atom stereocenters. The average molecular weight is 185 g/mol. The number of rotatable bonds is 2. The van der Waals surface area contributed by atoms with Gasteiger partial charge in [-0.1, -0.05) is 36.7 Å². The maximum absolute atomic E-state index is 12.5. The molecule has 0 aromatic heterocycles. The van der Waals surface area contributed by atoms with E-state index in [0.29, 0.717) is 5.03 Å². The molecule has 64 valence electrons. The van der Waals surface area contributed by atoms with E-state index in [-0.39, 0.29) is 5.82 Å². The summed E-state index contributed by atoms with van der Waals surface area (Å²) in [5.74, 6) is -0.236. The molecule has 0 saturated carbocycles. The molecule has 0 heterocycles. The highest BCUT2D eigenvalue weighted by molar-refractivity contribution is 6.48. The minimum Gasteiger partial charge on any atom is -0.207 e. The normalized spacial score (nSPS) is 11.8. The topological polar surface area (TPSA) is 0 Å². The summed E-state index contributed by atoms with van der Waals surface area (Å²) in [6, 6.07) is 6.15. The van der Waals surface area contributed by atoms with Crippen molar-refractivity contribution in [3.05, 3.63) is 41.7 Å². The standard InChI is InChI=1S/C10H10ClF/c1-2-3-10(11)8-4-6-9(12)7-5-8/h3-7H,2H2,1H3/b10-3-. The van der Waals surface area contributed by atoms with Crippen LogP contribution in [0.25, 0.3) is 5.03 Å². The highest BCUT2D eigenvalue weighted by atomic mass is 35.5. The third-order valence-corrected chi connectivity index (χ3v) is 1.88. The molecule has 0 radical (unpaired) electrons. The van der Waals surface area contributed by atoms with Crippen LogP contribution in [0.5, 0.6) is 0 Å². The lowest BCUT2D eigenvalue weighted by atomic mass is 10.2. The Morgan fingerprint density at radius 1 is 1.42 bits per heavy atom. The first kappa shape index (κ1) is 9.27. The average Bonchev–Trinajstić information content (AvgIpc) is 2.06. The van der Waals surface area contributed by atoms with E-state index < -0.39 is 0 Å². The maximum atomic E-state index is 12.5. The fourth-order valence-electron chi connectivity index (χ4n) is 0.906. The second kappa shape index (κ2) is 4.27. The first-order chi connectivity index (χ1) is 5.74. The zero-order valence-electron chi connectivity index (χ0n) is 6.85. The molecular weight excluding hydrogens is 175 g/mol. The summed E-state index contributed by atoms with van der Waals surface area (Å²) >= 11 is 5.90. The van der Waals surface area contributed by atoms with Gasteiger partial charge in [0.1, 0.15) is 5.82 Å². The summed E-state index contributed by atoms with van der Waals surface area (Å²) in [7, 11) is 0. The third kappa shape index (κ3) is 2.35. The van der Waals surface area contributed by atoms with Crippen molar-refractivity contribution in [1.29, 1.82) is 0 Å². The summed E-state index contributed by atoms with van der Waals surface area (Å²) < 4.78 is 12.5. The van der Waals surface area contributed by atoms with E-state index >= 15 is 0 Å². The zero-order valence-corrected chi connectivity index (χ0v) is 7.61. The van der Waals surface area contributed by atoms with Crippen molar-refractivity contribution in [3.63, 3.8) is 0 Å². The van der Waals surface area contributed by atoms with Crippen LogP contribution in [0.2, 0.25) is 0 Å². The van der Waals surface area contributed by atoms with E-state index in [0.717, 1.165) is 12.0 Å². The zero-order chi connectivity index (χ0) is 8.97. The fourth-order valence-corrected chi connectivity index (χ4v) is 1.19. The van der Waals surface area contributed by atoms with Gasteiger partial charge in [-0.3, -0.25) is 0 Å². The van der Waals surface area contributed by atoms with Crippen LogP contribution >= 0.6 is 11.6 Å². The lowest BCUT2D eigenvalue weighted by Gasteiger charge is -1.97. The highest BCUT2D eigenvalue weighted by Crippen LogP contribution is 2.19. The molecule has 0 unspecified atom stereocenters. The number of hydrogen-bond donors (Lipinski definition) is 0. The Morgan fingerprint density at radius 2 is 2.00 bits per heavy atom. The number of hydrogen-bond acceptors (Lipinski definition) is 0. The van der Waals surface area contributed by atoms with Gasteiger partial charge in [0.25, 0.3) is 0 Å². The van der Waals surface area contributed by atoms with Crippen LogP contribution in [0.15, 0.2) is 30.3 Å². The van der Waals surface area contributed by atoms with E-state index in [9.17, 15) is 4.39 Å². The van der Waals surface area contributed by atoms with Gasteiger partial charge in [0.2, 0.25) is 0 Å². The van der Waals surface area contributed by atoms with E-state index in [1.165, 1.54) is 12.1 Å². The molecule has 0 aliphatic carbocycles. The molecule has 0 nitrogen and oxygen atoms in total. The summed E-state index contributed by atoms with van der Waals surface area (Å²) in [5, 5.41) is 0.678. The Kier molecular flexibility index (Phi) is 3.30. The van der Waals surface area contributed by atoms with Gasteiger partial charge in [-0.25, -0.2) is 4.39 Å². The van der Waals surface area contributed by atoms with Gasteiger partial charge in [-0.15, -0.1) is 0 Å². The molecule has 0 spiro atoms. The molecule has 1 aromatic carbocycles. The molecule has 0 bridgehead atoms. The second-order valence-corrected chi connectivity index (χ2v) is 2.87. The van der Waals surface area contributed by atoms with Crippen LogP contribution in [-0.2, 0) is 0 Å². The predicted octanol–water partition coefficient (Wildman–Crippen LogP) is 3.82. The summed E-state index contributed by atoms with van der Waals surface area (Å²) in [6.07, 6.45) is 2.78. The molecule has 0 aliphatic heterocycles. The Labute approximate surface area is 76.7 Å². The minimum absolute atomic E-state index is 0.236. The minimum atomic E-state index is -0.236. The molecule has 0 saturated heterocycles. The van der Waals surface area contributed by atoms with Crippen molar-refractivity contribution in [2.45, 2.75) is 13.3 Å². The lowest BCUT2D eigenvalue weighted by molar-refractivity contribution is 0.627. The van der Waals surface area contributed by atoms with Crippen LogP contribution in [0.3, 0.4) is 0 Å².